The number of benzene rings is 1. The fourth-order valence-electron chi connectivity index (χ4n) is 2.66. The highest BCUT2D eigenvalue weighted by molar-refractivity contribution is 5.46. The van der Waals surface area contributed by atoms with Gasteiger partial charge in [0.25, 0.3) is 0 Å². The summed E-state index contributed by atoms with van der Waals surface area (Å²) in [4.78, 5) is 0. The van der Waals surface area contributed by atoms with Crippen molar-refractivity contribution in [3.05, 3.63) is 29.8 Å². The molecule has 20 heavy (non-hydrogen) atoms. The summed E-state index contributed by atoms with van der Waals surface area (Å²) in [5, 5.41) is 3.60. The van der Waals surface area contributed by atoms with Crippen LogP contribution in [0.2, 0.25) is 0 Å². The van der Waals surface area contributed by atoms with Gasteiger partial charge in [-0.25, -0.2) is 0 Å². The maximum Gasteiger partial charge on any atom is 0.0718 e. The molecule has 0 aromatic heterocycles. The van der Waals surface area contributed by atoms with Gasteiger partial charge in [-0.15, -0.1) is 0 Å². The smallest absolute Gasteiger partial charge is 0.0718 e. The topological polar surface area (TPSA) is 30.5 Å². The summed E-state index contributed by atoms with van der Waals surface area (Å²) in [5.74, 6) is 0.943. The van der Waals surface area contributed by atoms with E-state index in [1.807, 2.05) is 0 Å². The molecule has 1 unspecified atom stereocenters. The molecular weight excluding hydrogens is 250 g/mol. The highest BCUT2D eigenvalue weighted by Crippen LogP contribution is 2.31. The average molecular weight is 277 g/mol. The zero-order valence-corrected chi connectivity index (χ0v) is 12.7. The minimum atomic E-state index is 0.546. The summed E-state index contributed by atoms with van der Waals surface area (Å²) >= 11 is 0. The standard InChI is InChI=1S/C17H27NO2/c1-14(11-15-5-3-6-15)18-17-8-4-7-16(12-17)13-20-10-9-19-2/h4,7-8,12,14-15,18H,3,5-6,9-11,13H2,1-2H3. The van der Waals surface area contributed by atoms with Crippen LogP contribution >= 0.6 is 0 Å². The zero-order valence-electron chi connectivity index (χ0n) is 12.7. The lowest BCUT2D eigenvalue weighted by Crippen LogP contribution is -2.23. The van der Waals surface area contributed by atoms with Crippen molar-refractivity contribution in [2.24, 2.45) is 5.92 Å². The van der Waals surface area contributed by atoms with Crippen molar-refractivity contribution >= 4 is 5.69 Å². The Morgan fingerprint density at radius 2 is 2.15 bits per heavy atom. The predicted octanol–water partition coefficient (Wildman–Crippen LogP) is 3.84. The fourth-order valence-corrected chi connectivity index (χ4v) is 2.66. The summed E-state index contributed by atoms with van der Waals surface area (Å²) in [7, 11) is 1.69. The van der Waals surface area contributed by atoms with E-state index in [4.69, 9.17) is 9.47 Å². The van der Waals surface area contributed by atoms with E-state index < -0.39 is 0 Å². The molecule has 112 valence electrons. The molecule has 1 aromatic carbocycles. The van der Waals surface area contributed by atoms with E-state index in [2.05, 4.69) is 36.5 Å². The molecule has 1 aromatic rings. The number of ether oxygens (including phenoxy) is 2. The third kappa shape index (κ3) is 5.14. The van der Waals surface area contributed by atoms with Crippen LogP contribution in [0, 0.1) is 5.92 Å². The van der Waals surface area contributed by atoms with E-state index in [0.29, 0.717) is 25.9 Å². The van der Waals surface area contributed by atoms with E-state index in [0.717, 1.165) is 5.92 Å². The molecule has 1 aliphatic carbocycles. The molecule has 0 bridgehead atoms. The van der Waals surface area contributed by atoms with Gasteiger partial charge in [-0.1, -0.05) is 31.4 Å². The third-order valence-electron chi connectivity index (χ3n) is 3.95. The van der Waals surface area contributed by atoms with Crippen LogP contribution in [-0.2, 0) is 16.1 Å². The molecule has 1 fully saturated rings. The van der Waals surface area contributed by atoms with Gasteiger partial charge < -0.3 is 14.8 Å². The van der Waals surface area contributed by atoms with Crippen LogP contribution < -0.4 is 5.32 Å². The number of hydrogen-bond donors (Lipinski definition) is 1. The molecule has 1 saturated carbocycles. The largest absolute Gasteiger partial charge is 0.383 e. The quantitative estimate of drug-likeness (QED) is 0.696. The van der Waals surface area contributed by atoms with Crippen LogP contribution in [0.3, 0.4) is 0 Å². The van der Waals surface area contributed by atoms with Crippen molar-refractivity contribution in [2.45, 2.75) is 45.3 Å². The fraction of sp³-hybridized carbons (Fsp3) is 0.647. The van der Waals surface area contributed by atoms with Gasteiger partial charge in [-0.2, -0.15) is 0 Å². The molecule has 0 spiro atoms. The van der Waals surface area contributed by atoms with Crippen LogP contribution in [0.4, 0.5) is 5.69 Å². The second-order valence-electron chi connectivity index (χ2n) is 5.82. The Balaban J connectivity index is 1.75. The lowest BCUT2D eigenvalue weighted by atomic mass is 9.81. The Hall–Kier alpha value is -1.06. The first-order valence-electron chi connectivity index (χ1n) is 7.70. The molecule has 3 heteroatoms. The number of nitrogens with one attached hydrogen (secondary N) is 1. The molecule has 1 N–H and O–H groups in total. The lowest BCUT2D eigenvalue weighted by molar-refractivity contribution is 0.0617. The summed E-state index contributed by atoms with van der Waals surface area (Å²) in [6.07, 6.45) is 5.54. The number of rotatable bonds is 9. The van der Waals surface area contributed by atoms with Crippen LogP contribution in [0.25, 0.3) is 0 Å². The van der Waals surface area contributed by atoms with Crippen LogP contribution in [-0.4, -0.2) is 26.4 Å². The Labute approximate surface area is 122 Å². The van der Waals surface area contributed by atoms with Gasteiger partial charge >= 0.3 is 0 Å². The van der Waals surface area contributed by atoms with Crippen molar-refractivity contribution in [1.29, 1.82) is 0 Å². The highest BCUT2D eigenvalue weighted by atomic mass is 16.5. The SMILES string of the molecule is COCCOCc1cccc(NC(C)CC2CCC2)c1. The Morgan fingerprint density at radius 1 is 1.30 bits per heavy atom. The number of anilines is 1. The molecule has 1 aliphatic rings. The van der Waals surface area contributed by atoms with E-state index in [1.165, 1.54) is 36.9 Å². The van der Waals surface area contributed by atoms with E-state index >= 15 is 0 Å². The number of hydrogen-bond acceptors (Lipinski definition) is 3. The van der Waals surface area contributed by atoms with Crippen molar-refractivity contribution in [3.8, 4) is 0 Å². The third-order valence-corrected chi connectivity index (χ3v) is 3.95. The first-order valence-corrected chi connectivity index (χ1v) is 7.70. The van der Waals surface area contributed by atoms with Gasteiger partial charge in [-0.3, -0.25) is 0 Å². The van der Waals surface area contributed by atoms with Gasteiger partial charge in [0.15, 0.2) is 0 Å². The van der Waals surface area contributed by atoms with Crippen molar-refractivity contribution in [2.75, 3.05) is 25.6 Å². The summed E-state index contributed by atoms with van der Waals surface area (Å²) < 4.78 is 10.5. The summed E-state index contributed by atoms with van der Waals surface area (Å²) in [5.41, 5.74) is 2.41. The van der Waals surface area contributed by atoms with Crippen molar-refractivity contribution in [1.82, 2.24) is 0 Å². The molecule has 0 aliphatic heterocycles. The Morgan fingerprint density at radius 3 is 2.85 bits per heavy atom. The minimum absolute atomic E-state index is 0.546. The van der Waals surface area contributed by atoms with Crippen molar-refractivity contribution in [3.63, 3.8) is 0 Å². The van der Waals surface area contributed by atoms with Gasteiger partial charge in [0.2, 0.25) is 0 Å². The monoisotopic (exact) mass is 277 g/mol. The molecule has 0 heterocycles. The van der Waals surface area contributed by atoms with Crippen LogP contribution in [0.5, 0.6) is 0 Å². The second-order valence-corrected chi connectivity index (χ2v) is 5.82. The van der Waals surface area contributed by atoms with Gasteiger partial charge in [0.05, 0.1) is 19.8 Å². The van der Waals surface area contributed by atoms with E-state index in [-0.39, 0.29) is 0 Å². The molecule has 0 amide bonds. The zero-order chi connectivity index (χ0) is 14.2. The van der Waals surface area contributed by atoms with E-state index in [1.54, 1.807) is 7.11 Å². The summed E-state index contributed by atoms with van der Waals surface area (Å²) in [6.45, 7) is 4.22. The van der Waals surface area contributed by atoms with E-state index in [9.17, 15) is 0 Å². The Kier molecular flexibility index (Phi) is 6.34. The van der Waals surface area contributed by atoms with Crippen LogP contribution in [0.15, 0.2) is 24.3 Å². The van der Waals surface area contributed by atoms with Gasteiger partial charge in [-0.05, 0) is 37.0 Å². The van der Waals surface area contributed by atoms with Gasteiger partial charge in [0.1, 0.15) is 0 Å². The molecule has 0 radical (unpaired) electrons. The second kappa shape index (κ2) is 8.28. The predicted molar refractivity (Wildman–Crippen MR) is 83.0 cm³/mol. The first kappa shape index (κ1) is 15.3. The number of methoxy groups -OCH3 is 1. The minimum Gasteiger partial charge on any atom is -0.383 e. The first-order chi connectivity index (χ1) is 9.78. The normalized spacial score (nSPS) is 16.7. The average Bonchev–Trinajstić information content (AvgIpc) is 2.40. The molecule has 2 rings (SSSR count). The molecule has 3 nitrogen and oxygen atoms in total. The highest BCUT2D eigenvalue weighted by Gasteiger charge is 2.19. The Bertz CT molecular complexity index is 390. The van der Waals surface area contributed by atoms with Gasteiger partial charge in [0, 0.05) is 18.8 Å². The maximum atomic E-state index is 5.56. The maximum absolute atomic E-state index is 5.56. The molecular formula is C17H27NO2. The van der Waals surface area contributed by atoms with Crippen molar-refractivity contribution < 1.29 is 9.47 Å². The summed E-state index contributed by atoms with van der Waals surface area (Å²) in [6, 6.07) is 9.06. The lowest BCUT2D eigenvalue weighted by Gasteiger charge is -2.29. The molecule has 1 atom stereocenters. The van der Waals surface area contributed by atoms with Crippen LogP contribution in [0.1, 0.15) is 38.2 Å². The molecule has 0 saturated heterocycles.